The highest BCUT2D eigenvalue weighted by atomic mass is 19.3. The number of halogens is 2. The van der Waals surface area contributed by atoms with Gasteiger partial charge in [0.25, 0.3) is 0 Å². The molecule has 148 valence electrons. The van der Waals surface area contributed by atoms with Gasteiger partial charge in [-0.25, -0.2) is 4.79 Å². The van der Waals surface area contributed by atoms with Crippen LogP contribution in [0.5, 0.6) is 5.75 Å². The van der Waals surface area contributed by atoms with Crippen LogP contribution in [0.1, 0.15) is 63.4 Å². The summed E-state index contributed by atoms with van der Waals surface area (Å²) in [5.41, 5.74) is 1.16. The lowest BCUT2D eigenvalue weighted by atomic mass is 9.85. The van der Waals surface area contributed by atoms with E-state index >= 15 is 0 Å². The second kappa shape index (κ2) is 7.28. The van der Waals surface area contributed by atoms with Crippen LogP contribution in [0, 0.1) is 0 Å². The number of likely N-dealkylation sites (tertiary alicyclic amines) is 1. The van der Waals surface area contributed by atoms with Gasteiger partial charge in [0.1, 0.15) is 5.75 Å². The van der Waals surface area contributed by atoms with E-state index < -0.39 is 6.11 Å². The number of piperidine rings is 2. The van der Waals surface area contributed by atoms with Gasteiger partial charge >= 0.3 is 12.1 Å². The summed E-state index contributed by atoms with van der Waals surface area (Å²) in [4.78, 5) is 17.2. The van der Waals surface area contributed by atoms with Crippen molar-refractivity contribution in [1.82, 2.24) is 9.80 Å². The summed E-state index contributed by atoms with van der Waals surface area (Å²) in [6.45, 7) is 2.52. The molecular weight excluding hydrogens is 350 g/mol. The minimum Gasteiger partial charge on any atom is -0.433 e. The van der Waals surface area contributed by atoms with E-state index in [-0.39, 0.29) is 11.8 Å². The van der Waals surface area contributed by atoms with E-state index in [1.165, 1.54) is 6.42 Å². The molecule has 0 spiro atoms. The van der Waals surface area contributed by atoms with Gasteiger partial charge in [-0.05, 0) is 68.6 Å². The summed E-state index contributed by atoms with van der Waals surface area (Å²) in [6.07, 6.45) is 4.35. The minimum absolute atomic E-state index is 0.187. The number of hydrogen-bond donors (Lipinski definition) is 0. The Morgan fingerprint density at radius 3 is 2.19 bits per heavy atom. The van der Waals surface area contributed by atoms with E-state index in [0.717, 1.165) is 64.1 Å². The largest absolute Gasteiger partial charge is 0.433 e. The maximum absolute atomic E-state index is 13.0. The van der Waals surface area contributed by atoms with Crippen molar-refractivity contribution in [2.24, 2.45) is 0 Å². The number of carbonyl (C=O) groups excluding carboxylic acids is 1. The highest BCUT2D eigenvalue weighted by Crippen LogP contribution is 2.44. The number of benzene rings is 1. The van der Waals surface area contributed by atoms with Crippen LogP contribution in [-0.4, -0.2) is 47.1 Å². The first kappa shape index (κ1) is 18.5. The maximum atomic E-state index is 13.0. The molecule has 4 rings (SSSR count). The Morgan fingerprint density at radius 1 is 1.04 bits per heavy atom. The third-order valence-electron chi connectivity index (χ3n) is 6.23. The monoisotopic (exact) mass is 378 g/mol. The zero-order chi connectivity index (χ0) is 19.0. The maximum Gasteiger partial charge on any atom is 0.394 e. The predicted molar refractivity (Wildman–Crippen MR) is 99.1 cm³/mol. The molecule has 1 aromatic rings. The normalized spacial score (nSPS) is 28.3. The molecular formula is C21H28F2N2O2. The van der Waals surface area contributed by atoms with Crippen molar-refractivity contribution in [3.05, 3.63) is 29.8 Å². The van der Waals surface area contributed by atoms with Crippen molar-refractivity contribution in [3.63, 3.8) is 0 Å². The van der Waals surface area contributed by atoms with Gasteiger partial charge in [0.2, 0.25) is 0 Å². The van der Waals surface area contributed by atoms with Gasteiger partial charge in [0.05, 0.1) is 0 Å². The topological polar surface area (TPSA) is 32.8 Å². The fourth-order valence-corrected chi connectivity index (χ4v) is 5.02. The zero-order valence-electron chi connectivity index (χ0n) is 15.9. The first-order valence-electron chi connectivity index (χ1n) is 10.1. The molecule has 3 aliphatic heterocycles. The number of alkyl halides is 2. The fourth-order valence-electron chi connectivity index (χ4n) is 5.02. The second-order valence-electron chi connectivity index (χ2n) is 8.27. The van der Waals surface area contributed by atoms with Gasteiger partial charge in [0.15, 0.2) is 0 Å². The van der Waals surface area contributed by atoms with Crippen LogP contribution in [0.2, 0.25) is 0 Å². The van der Waals surface area contributed by atoms with E-state index in [9.17, 15) is 13.6 Å². The molecule has 6 heteroatoms. The van der Waals surface area contributed by atoms with Gasteiger partial charge in [-0.2, -0.15) is 8.78 Å². The van der Waals surface area contributed by atoms with Crippen LogP contribution in [0.25, 0.3) is 0 Å². The number of carbonyl (C=O) groups is 1. The second-order valence-corrected chi connectivity index (χ2v) is 8.27. The number of amides is 2. The van der Waals surface area contributed by atoms with E-state index in [0.29, 0.717) is 18.0 Å². The molecule has 3 fully saturated rings. The molecule has 0 aromatic heterocycles. The van der Waals surface area contributed by atoms with Crippen molar-refractivity contribution in [2.45, 2.75) is 76.0 Å². The van der Waals surface area contributed by atoms with Crippen LogP contribution in [-0.2, 0) is 0 Å². The lowest BCUT2D eigenvalue weighted by Gasteiger charge is -2.42. The predicted octanol–water partition coefficient (Wildman–Crippen LogP) is 4.99. The highest BCUT2D eigenvalue weighted by Gasteiger charge is 2.44. The quantitative estimate of drug-likeness (QED) is 0.742. The number of nitrogens with zero attached hydrogens (tertiary/aromatic N) is 2. The number of ether oxygens (including phenoxy) is 1. The van der Waals surface area contributed by atoms with Crippen molar-refractivity contribution in [1.29, 1.82) is 0 Å². The van der Waals surface area contributed by atoms with Crippen LogP contribution in [0.3, 0.4) is 0 Å². The molecule has 0 saturated carbocycles. The molecule has 0 aliphatic carbocycles. The van der Waals surface area contributed by atoms with Crippen molar-refractivity contribution in [2.75, 3.05) is 13.1 Å². The summed E-state index contributed by atoms with van der Waals surface area (Å²) < 4.78 is 30.6. The number of urea groups is 1. The van der Waals surface area contributed by atoms with Gasteiger partial charge in [-0.15, -0.1) is 0 Å². The molecule has 2 bridgehead atoms. The molecule has 0 N–H and O–H groups in total. The number of rotatable bonds is 3. The summed E-state index contributed by atoms with van der Waals surface area (Å²) in [5, 5.41) is 0. The smallest absolute Gasteiger partial charge is 0.394 e. The Labute approximate surface area is 159 Å². The summed E-state index contributed by atoms with van der Waals surface area (Å²) in [6, 6.07) is 7.88. The molecule has 4 nitrogen and oxygen atoms in total. The molecule has 3 aliphatic rings. The van der Waals surface area contributed by atoms with E-state index in [2.05, 4.69) is 9.64 Å². The number of fused-ring (bicyclic) bond motifs is 2. The molecule has 3 atom stereocenters. The van der Waals surface area contributed by atoms with Crippen LogP contribution in [0.15, 0.2) is 24.3 Å². The standard InChI is InChI=1S/C21H28F2N2O2/c1-21(22,23)27-19-9-5-15(6-10-19)16-13-17-7-8-18(14-16)25(17)20(26)24-11-3-2-4-12-24/h5-6,9-10,16-18H,2-4,7-8,11-14H2,1H3/t16?,17-,18+. The SMILES string of the molecule is CC(F)(F)Oc1ccc(C2C[C@H]3CC[C@@H](C2)N3C(=O)N2CCCCC2)cc1. The van der Waals surface area contributed by atoms with Gasteiger partial charge in [0, 0.05) is 32.1 Å². The Bertz CT molecular complexity index is 654. The van der Waals surface area contributed by atoms with Gasteiger partial charge in [-0.1, -0.05) is 12.1 Å². The first-order chi connectivity index (χ1) is 12.9. The lowest BCUT2D eigenvalue weighted by molar-refractivity contribution is -0.158. The van der Waals surface area contributed by atoms with Crippen LogP contribution >= 0.6 is 0 Å². The van der Waals surface area contributed by atoms with Crippen molar-refractivity contribution in [3.8, 4) is 5.75 Å². The molecule has 2 amide bonds. The molecule has 3 heterocycles. The average Bonchev–Trinajstić information content (AvgIpc) is 2.90. The fraction of sp³-hybridized carbons (Fsp3) is 0.667. The van der Waals surface area contributed by atoms with Crippen LogP contribution < -0.4 is 4.74 Å². The van der Waals surface area contributed by atoms with E-state index in [1.54, 1.807) is 12.1 Å². The van der Waals surface area contributed by atoms with Gasteiger partial charge < -0.3 is 14.5 Å². The van der Waals surface area contributed by atoms with Gasteiger partial charge in [-0.3, -0.25) is 0 Å². The third-order valence-corrected chi connectivity index (χ3v) is 6.23. The average molecular weight is 378 g/mol. The van der Waals surface area contributed by atoms with Crippen molar-refractivity contribution < 1.29 is 18.3 Å². The minimum atomic E-state index is -3.17. The zero-order valence-corrected chi connectivity index (χ0v) is 15.9. The van der Waals surface area contributed by atoms with Crippen LogP contribution in [0.4, 0.5) is 13.6 Å². The third kappa shape index (κ3) is 4.04. The summed E-state index contributed by atoms with van der Waals surface area (Å²) in [5.74, 6) is 0.566. The summed E-state index contributed by atoms with van der Waals surface area (Å²) in [7, 11) is 0. The molecule has 27 heavy (non-hydrogen) atoms. The van der Waals surface area contributed by atoms with E-state index in [1.807, 2.05) is 17.0 Å². The molecule has 1 unspecified atom stereocenters. The van der Waals surface area contributed by atoms with Crippen molar-refractivity contribution >= 4 is 6.03 Å². The number of hydrogen-bond acceptors (Lipinski definition) is 2. The highest BCUT2D eigenvalue weighted by molar-refractivity contribution is 5.76. The molecule has 1 aromatic carbocycles. The Hall–Kier alpha value is -1.85. The Balaban J connectivity index is 1.41. The summed E-state index contributed by atoms with van der Waals surface area (Å²) >= 11 is 0. The molecule has 3 saturated heterocycles. The lowest BCUT2D eigenvalue weighted by Crippen LogP contribution is -2.53. The van der Waals surface area contributed by atoms with E-state index in [4.69, 9.17) is 0 Å². The Kier molecular flexibility index (Phi) is 4.99. The molecule has 0 radical (unpaired) electrons. The first-order valence-corrected chi connectivity index (χ1v) is 10.1. The Morgan fingerprint density at radius 2 is 1.63 bits per heavy atom.